The van der Waals surface area contributed by atoms with Crippen molar-refractivity contribution >= 4 is 18.1 Å². The van der Waals surface area contributed by atoms with Gasteiger partial charge in [0.1, 0.15) is 11.2 Å². The van der Waals surface area contributed by atoms with Crippen molar-refractivity contribution in [2.45, 2.75) is 59.7 Å². The second-order valence-electron chi connectivity index (χ2n) is 7.43. The van der Waals surface area contributed by atoms with E-state index in [9.17, 15) is 9.59 Å². The Morgan fingerprint density at radius 3 is 2.25 bits per heavy atom. The van der Waals surface area contributed by atoms with Crippen molar-refractivity contribution in [3.05, 3.63) is 11.6 Å². The van der Waals surface area contributed by atoms with Gasteiger partial charge in [0.2, 0.25) is 5.96 Å². The third kappa shape index (κ3) is 7.96. The highest BCUT2D eigenvalue weighted by Crippen LogP contribution is 2.11. The van der Waals surface area contributed by atoms with Crippen molar-refractivity contribution in [2.75, 3.05) is 13.2 Å². The number of rotatable bonds is 0. The van der Waals surface area contributed by atoms with Crippen LogP contribution >= 0.6 is 0 Å². The number of aliphatic imine (C=N–C) groups is 1. The van der Waals surface area contributed by atoms with E-state index in [2.05, 4.69) is 10.3 Å². The zero-order chi connectivity index (χ0) is 18.5. The van der Waals surface area contributed by atoms with Crippen LogP contribution in [-0.2, 0) is 14.3 Å². The molecule has 1 rings (SSSR count). The molecule has 136 valence electrons. The Labute approximate surface area is 142 Å². The minimum atomic E-state index is -0.829. The van der Waals surface area contributed by atoms with Gasteiger partial charge in [0, 0.05) is 0 Å². The summed E-state index contributed by atoms with van der Waals surface area (Å²) in [5.41, 5.74) is -0.361. The van der Waals surface area contributed by atoms with Crippen LogP contribution in [0.5, 0.6) is 0 Å². The number of hydrogen-bond acceptors (Lipinski definition) is 5. The maximum atomic E-state index is 12.0. The zero-order valence-corrected chi connectivity index (χ0v) is 15.4. The van der Waals surface area contributed by atoms with Gasteiger partial charge in [-0.25, -0.2) is 14.7 Å². The van der Waals surface area contributed by atoms with Crippen molar-refractivity contribution in [2.24, 2.45) is 4.99 Å². The SMILES string of the molecule is CC1=CCON(/C(=N\C(=O)OC(C)(C)C)NC(=O)OC(C)(C)C)C1. The van der Waals surface area contributed by atoms with Gasteiger partial charge in [0.05, 0.1) is 13.2 Å². The van der Waals surface area contributed by atoms with Crippen molar-refractivity contribution in [3.63, 3.8) is 0 Å². The van der Waals surface area contributed by atoms with Gasteiger partial charge in [-0.3, -0.25) is 10.2 Å². The van der Waals surface area contributed by atoms with Gasteiger partial charge in [-0.2, -0.15) is 0 Å². The van der Waals surface area contributed by atoms with E-state index in [-0.39, 0.29) is 5.96 Å². The fraction of sp³-hybridized carbons (Fsp3) is 0.688. The van der Waals surface area contributed by atoms with Crippen LogP contribution in [0, 0.1) is 0 Å². The van der Waals surface area contributed by atoms with E-state index in [1.54, 1.807) is 41.5 Å². The largest absolute Gasteiger partial charge is 0.444 e. The molecule has 0 aliphatic carbocycles. The highest BCUT2D eigenvalue weighted by atomic mass is 16.7. The quantitative estimate of drug-likeness (QED) is 0.414. The first kappa shape index (κ1) is 20.0. The van der Waals surface area contributed by atoms with E-state index in [0.717, 1.165) is 5.57 Å². The van der Waals surface area contributed by atoms with Crippen LogP contribution in [-0.4, -0.2) is 47.6 Å². The van der Waals surface area contributed by atoms with Gasteiger partial charge in [-0.15, -0.1) is 4.99 Å². The molecule has 1 aliphatic rings. The minimum absolute atomic E-state index is 0.0778. The number of hydrogen-bond donors (Lipinski definition) is 1. The van der Waals surface area contributed by atoms with Crippen LogP contribution < -0.4 is 5.32 Å². The summed E-state index contributed by atoms with van der Waals surface area (Å²) in [7, 11) is 0. The molecule has 0 fully saturated rings. The molecule has 0 unspecified atom stereocenters. The summed E-state index contributed by atoms with van der Waals surface area (Å²) in [4.78, 5) is 33.2. The Morgan fingerprint density at radius 2 is 1.75 bits per heavy atom. The first-order valence-electron chi connectivity index (χ1n) is 7.73. The predicted octanol–water partition coefficient (Wildman–Crippen LogP) is 3.00. The molecule has 1 heterocycles. The average molecular weight is 341 g/mol. The standard InChI is InChI=1S/C16H27N3O5/c1-11-8-9-22-19(10-11)12(17-13(20)23-15(2,3)4)18-14(21)24-16(5,6)7/h8H,9-10H2,1-7H3,(H,17,18,20,21). The number of guanidine groups is 1. The molecule has 1 aliphatic heterocycles. The molecule has 1 N–H and O–H groups in total. The van der Waals surface area contributed by atoms with E-state index in [0.29, 0.717) is 13.2 Å². The Morgan fingerprint density at radius 1 is 1.17 bits per heavy atom. The van der Waals surface area contributed by atoms with Gasteiger partial charge in [0.15, 0.2) is 0 Å². The molecule has 0 atom stereocenters. The highest BCUT2D eigenvalue weighted by molar-refractivity contribution is 5.98. The van der Waals surface area contributed by atoms with Crippen LogP contribution in [0.2, 0.25) is 0 Å². The molecule has 0 saturated carbocycles. The summed E-state index contributed by atoms with van der Waals surface area (Å²) in [5, 5.41) is 3.76. The molecule has 0 bridgehead atoms. The average Bonchev–Trinajstić information content (AvgIpc) is 2.33. The summed E-state index contributed by atoms with van der Waals surface area (Å²) in [6, 6.07) is 0. The second-order valence-corrected chi connectivity index (χ2v) is 7.43. The lowest BCUT2D eigenvalue weighted by atomic mass is 10.2. The third-order valence-electron chi connectivity index (χ3n) is 2.49. The summed E-state index contributed by atoms with van der Waals surface area (Å²) in [6.07, 6.45) is 0.333. The van der Waals surface area contributed by atoms with Crippen molar-refractivity contribution < 1.29 is 23.9 Å². The number of ether oxygens (including phenoxy) is 2. The van der Waals surface area contributed by atoms with E-state index in [1.165, 1.54) is 5.06 Å². The molecule has 0 aromatic heterocycles. The van der Waals surface area contributed by atoms with Crippen molar-refractivity contribution in [1.29, 1.82) is 0 Å². The molecule has 0 saturated heterocycles. The second kappa shape index (κ2) is 7.65. The van der Waals surface area contributed by atoms with Gasteiger partial charge >= 0.3 is 12.2 Å². The number of nitrogens with zero attached hydrogens (tertiary/aromatic N) is 2. The third-order valence-corrected chi connectivity index (χ3v) is 2.49. The van der Waals surface area contributed by atoms with Crippen LogP contribution in [0.3, 0.4) is 0 Å². The fourth-order valence-electron chi connectivity index (χ4n) is 1.65. The molecule has 2 amide bonds. The Hall–Kier alpha value is -2.09. The molecule has 0 radical (unpaired) electrons. The van der Waals surface area contributed by atoms with E-state index < -0.39 is 23.4 Å². The van der Waals surface area contributed by atoms with Crippen molar-refractivity contribution in [3.8, 4) is 0 Å². The molecule has 0 aromatic rings. The molecular formula is C16H27N3O5. The lowest BCUT2D eigenvalue weighted by Crippen LogP contribution is -2.48. The van der Waals surface area contributed by atoms with Gasteiger partial charge in [-0.1, -0.05) is 11.6 Å². The van der Waals surface area contributed by atoms with Gasteiger partial charge in [0.25, 0.3) is 0 Å². The van der Waals surface area contributed by atoms with Gasteiger partial charge < -0.3 is 9.47 Å². The Bertz CT molecular complexity index is 541. The minimum Gasteiger partial charge on any atom is -0.444 e. The molecule has 8 nitrogen and oxygen atoms in total. The number of carbonyl (C=O) groups is 2. The maximum Gasteiger partial charge on any atom is 0.437 e. The predicted molar refractivity (Wildman–Crippen MR) is 89.5 cm³/mol. The lowest BCUT2D eigenvalue weighted by Gasteiger charge is -2.29. The van der Waals surface area contributed by atoms with Crippen LogP contribution in [0.1, 0.15) is 48.5 Å². The number of amides is 2. The first-order valence-corrected chi connectivity index (χ1v) is 7.73. The van der Waals surface area contributed by atoms with Gasteiger partial charge in [-0.05, 0) is 48.5 Å². The molecule has 0 aromatic carbocycles. The monoisotopic (exact) mass is 341 g/mol. The number of nitrogens with one attached hydrogen (secondary N) is 1. The summed E-state index contributed by atoms with van der Waals surface area (Å²) < 4.78 is 10.3. The Balaban J connectivity index is 2.93. The van der Waals surface area contributed by atoms with Crippen LogP contribution in [0.25, 0.3) is 0 Å². The van der Waals surface area contributed by atoms with E-state index in [4.69, 9.17) is 14.3 Å². The van der Waals surface area contributed by atoms with E-state index >= 15 is 0 Å². The summed E-state index contributed by atoms with van der Waals surface area (Å²) in [6.45, 7) is 13.0. The summed E-state index contributed by atoms with van der Waals surface area (Å²) in [5.74, 6) is -0.0778. The van der Waals surface area contributed by atoms with E-state index in [1.807, 2.05) is 13.0 Å². The lowest BCUT2D eigenvalue weighted by molar-refractivity contribution is -0.0901. The van der Waals surface area contributed by atoms with Crippen molar-refractivity contribution in [1.82, 2.24) is 10.4 Å². The first-order chi connectivity index (χ1) is 10.9. The smallest absolute Gasteiger partial charge is 0.437 e. The molecule has 24 heavy (non-hydrogen) atoms. The number of alkyl carbamates (subject to hydrolysis) is 1. The molecular weight excluding hydrogens is 314 g/mol. The van der Waals surface area contributed by atoms with Crippen LogP contribution in [0.15, 0.2) is 16.6 Å². The topological polar surface area (TPSA) is 89.5 Å². The normalized spacial score (nSPS) is 16.4. The molecule has 8 heteroatoms. The fourth-order valence-corrected chi connectivity index (χ4v) is 1.65. The van der Waals surface area contributed by atoms with Crippen LogP contribution in [0.4, 0.5) is 9.59 Å². The summed E-state index contributed by atoms with van der Waals surface area (Å²) >= 11 is 0. The number of carbonyl (C=O) groups excluding carboxylic acids is 2. The zero-order valence-electron chi connectivity index (χ0n) is 15.4. The highest BCUT2D eigenvalue weighted by Gasteiger charge is 2.24. The number of hydroxylamine groups is 2. The maximum absolute atomic E-state index is 12.0. The molecule has 0 spiro atoms. The Kier molecular flexibility index (Phi) is 6.36.